The molecule has 2 heterocycles. The van der Waals surface area contributed by atoms with Gasteiger partial charge in [-0.1, -0.05) is 49.2 Å². The number of likely N-dealkylation sites (N-methyl/N-ethyl adjacent to an activating group) is 1. The summed E-state index contributed by atoms with van der Waals surface area (Å²) in [5, 5.41) is 10.7. The molecule has 1 aliphatic rings. The summed E-state index contributed by atoms with van der Waals surface area (Å²) in [4.78, 5) is 38.7. The normalized spacial score (nSPS) is 15.0. The van der Waals surface area contributed by atoms with E-state index < -0.39 is 6.04 Å². The number of urea groups is 1. The topological polar surface area (TPSA) is 102 Å². The molecule has 0 saturated carbocycles. The number of hydrogen-bond acceptors (Lipinski definition) is 6. The average Bonchev–Trinajstić information content (AvgIpc) is 2.86. The Bertz CT molecular complexity index is 1260. The lowest BCUT2D eigenvalue weighted by atomic mass is 10.0. The van der Waals surface area contributed by atoms with Crippen LogP contribution in [0.15, 0.2) is 42.5 Å². The van der Waals surface area contributed by atoms with Crippen molar-refractivity contribution < 1.29 is 9.59 Å². The van der Waals surface area contributed by atoms with Crippen LogP contribution in [0.4, 0.5) is 16.3 Å². The molecule has 0 radical (unpaired) electrons. The number of para-hydroxylation sites is 1. The highest BCUT2D eigenvalue weighted by Gasteiger charge is 2.25. The third-order valence-electron chi connectivity index (χ3n) is 6.28. The molecule has 11 heteroatoms. The van der Waals surface area contributed by atoms with Gasteiger partial charge in [0.15, 0.2) is 0 Å². The standard InChI is InChI=1S/C26H31Cl2N7O2/c1-16(2)23(25(36)29-3)33-24-20-6-4-5-7-21(20)31-22(32-24)15-34-8-10-35(11-9-34)26(37)30-19-13-17(27)12-18(28)14-19/h4-7,12-14,16,23H,8-11,15H2,1-3H3,(H,29,36)(H,30,37)(H,31,32,33)/t23-/m0/s1. The van der Waals surface area contributed by atoms with Gasteiger partial charge in [0.05, 0.1) is 12.1 Å². The van der Waals surface area contributed by atoms with E-state index in [0.717, 1.165) is 10.9 Å². The molecule has 3 aromatic rings. The molecule has 37 heavy (non-hydrogen) atoms. The lowest BCUT2D eigenvalue weighted by Gasteiger charge is -2.34. The van der Waals surface area contributed by atoms with Gasteiger partial charge in [-0.15, -0.1) is 0 Å². The Kier molecular flexibility index (Phi) is 8.68. The predicted octanol–water partition coefficient (Wildman–Crippen LogP) is 4.47. The molecule has 0 spiro atoms. The van der Waals surface area contributed by atoms with E-state index in [1.807, 2.05) is 38.1 Å². The Balaban J connectivity index is 1.43. The first kappa shape index (κ1) is 26.9. The molecule has 1 fully saturated rings. The molecule has 0 aliphatic carbocycles. The van der Waals surface area contributed by atoms with Crippen molar-refractivity contribution >= 4 is 57.5 Å². The van der Waals surface area contributed by atoms with Crippen LogP contribution in [0.3, 0.4) is 0 Å². The summed E-state index contributed by atoms with van der Waals surface area (Å²) in [5.41, 5.74) is 1.37. The van der Waals surface area contributed by atoms with Crippen LogP contribution in [0, 0.1) is 5.92 Å². The van der Waals surface area contributed by atoms with Crippen LogP contribution in [0.5, 0.6) is 0 Å². The third kappa shape index (κ3) is 6.80. The maximum atomic E-state index is 12.7. The average molecular weight is 544 g/mol. The first-order valence-corrected chi connectivity index (χ1v) is 13.0. The Morgan fingerprint density at radius 2 is 1.68 bits per heavy atom. The van der Waals surface area contributed by atoms with Crippen molar-refractivity contribution in [1.82, 2.24) is 25.1 Å². The van der Waals surface area contributed by atoms with Gasteiger partial charge < -0.3 is 20.9 Å². The zero-order valence-corrected chi connectivity index (χ0v) is 22.6. The molecule has 4 rings (SSSR count). The quantitative estimate of drug-likeness (QED) is 0.406. The van der Waals surface area contributed by atoms with Crippen LogP contribution in [0.25, 0.3) is 10.9 Å². The van der Waals surface area contributed by atoms with E-state index in [0.29, 0.717) is 60.1 Å². The lowest BCUT2D eigenvalue weighted by Crippen LogP contribution is -2.49. The van der Waals surface area contributed by atoms with Gasteiger partial charge in [-0.05, 0) is 36.2 Å². The van der Waals surface area contributed by atoms with Gasteiger partial charge in [-0.3, -0.25) is 9.69 Å². The van der Waals surface area contributed by atoms with Crippen LogP contribution in [-0.4, -0.2) is 71.0 Å². The number of carbonyl (C=O) groups excluding carboxylic acids is 2. The lowest BCUT2D eigenvalue weighted by molar-refractivity contribution is -0.122. The van der Waals surface area contributed by atoms with E-state index in [2.05, 4.69) is 20.9 Å². The molecule has 9 nitrogen and oxygen atoms in total. The first-order valence-electron chi connectivity index (χ1n) is 12.2. The fourth-order valence-electron chi connectivity index (χ4n) is 4.28. The van der Waals surface area contributed by atoms with E-state index in [9.17, 15) is 9.59 Å². The Labute approximate surface area is 226 Å². The van der Waals surface area contributed by atoms with Crippen LogP contribution in [0.1, 0.15) is 19.7 Å². The van der Waals surface area contributed by atoms with Gasteiger partial charge >= 0.3 is 6.03 Å². The predicted molar refractivity (Wildman–Crippen MR) is 148 cm³/mol. The maximum absolute atomic E-state index is 12.7. The van der Waals surface area contributed by atoms with Crippen molar-refractivity contribution in [3.8, 4) is 0 Å². The minimum atomic E-state index is -0.424. The summed E-state index contributed by atoms with van der Waals surface area (Å²) in [5.74, 6) is 1.28. The molecule has 3 N–H and O–H groups in total. The molecule has 3 amide bonds. The van der Waals surface area contributed by atoms with E-state index >= 15 is 0 Å². The summed E-state index contributed by atoms with van der Waals surface area (Å²) in [6.07, 6.45) is 0. The summed E-state index contributed by atoms with van der Waals surface area (Å²) in [7, 11) is 1.63. The summed E-state index contributed by atoms with van der Waals surface area (Å²) < 4.78 is 0. The van der Waals surface area contributed by atoms with Gasteiger partial charge in [0.25, 0.3) is 0 Å². The zero-order chi connectivity index (χ0) is 26.5. The summed E-state index contributed by atoms with van der Waals surface area (Å²) in [6.45, 7) is 6.99. The highest BCUT2D eigenvalue weighted by atomic mass is 35.5. The number of piperazine rings is 1. The van der Waals surface area contributed by atoms with Gasteiger partial charge in [-0.2, -0.15) is 0 Å². The number of rotatable bonds is 7. The van der Waals surface area contributed by atoms with Gasteiger partial charge in [0.1, 0.15) is 17.7 Å². The van der Waals surface area contributed by atoms with Crippen molar-refractivity contribution in [3.05, 3.63) is 58.3 Å². The summed E-state index contributed by atoms with van der Waals surface area (Å²) in [6, 6.07) is 12.1. The smallest absolute Gasteiger partial charge is 0.321 e. The van der Waals surface area contributed by atoms with Crippen LogP contribution in [0.2, 0.25) is 10.0 Å². The number of nitrogens with one attached hydrogen (secondary N) is 3. The number of benzene rings is 2. The minimum Gasteiger partial charge on any atom is -0.358 e. The molecule has 196 valence electrons. The van der Waals surface area contributed by atoms with E-state index in [-0.39, 0.29) is 17.9 Å². The van der Waals surface area contributed by atoms with Gasteiger partial charge in [0, 0.05) is 54.3 Å². The van der Waals surface area contributed by atoms with Crippen molar-refractivity contribution in [2.45, 2.75) is 26.4 Å². The van der Waals surface area contributed by atoms with Gasteiger partial charge in [0.2, 0.25) is 5.91 Å². The van der Waals surface area contributed by atoms with E-state index in [1.54, 1.807) is 30.1 Å². The molecular formula is C26H31Cl2N7O2. The number of fused-ring (bicyclic) bond motifs is 1. The summed E-state index contributed by atoms with van der Waals surface area (Å²) >= 11 is 12.1. The van der Waals surface area contributed by atoms with E-state index in [4.69, 9.17) is 33.2 Å². The number of hydrogen-bond donors (Lipinski definition) is 3. The van der Waals surface area contributed by atoms with Gasteiger partial charge in [-0.25, -0.2) is 14.8 Å². The van der Waals surface area contributed by atoms with Crippen molar-refractivity contribution in [3.63, 3.8) is 0 Å². The first-order chi connectivity index (χ1) is 17.7. The number of halogens is 2. The van der Waals surface area contributed by atoms with Crippen molar-refractivity contribution in [2.24, 2.45) is 5.92 Å². The Morgan fingerprint density at radius 3 is 2.32 bits per heavy atom. The molecule has 1 aromatic heterocycles. The Hall–Kier alpha value is -3.14. The third-order valence-corrected chi connectivity index (χ3v) is 6.71. The number of anilines is 2. The fourth-order valence-corrected chi connectivity index (χ4v) is 4.81. The number of amides is 3. The fraction of sp³-hybridized carbons (Fsp3) is 0.385. The number of nitrogens with zero attached hydrogens (tertiary/aromatic N) is 4. The number of aromatic nitrogens is 2. The maximum Gasteiger partial charge on any atom is 0.321 e. The number of carbonyl (C=O) groups is 2. The SMILES string of the molecule is CNC(=O)[C@@H](Nc1nc(CN2CCN(C(=O)Nc3cc(Cl)cc(Cl)c3)CC2)nc2ccccc12)C(C)C. The molecule has 1 saturated heterocycles. The molecule has 2 aromatic carbocycles. The largest absolute Gasteiger partial charge is 0.358 e. The molecule has 1 aliphatic heterocycles. The highest BCUT2D eigenvalue weighted by Crippen LogP contribution is 2.24. The monoisotopic (exact) mass is 543 g/mol. The highest BCUT2D eigenvalue weighted by molar-refractivity contribution is 6.35. The van der Waals surface area contributed by atoms with Crippen molar-refractivity contribution in [1.29, 1.82) is 0 Å². The van der Waals surface area contributed by atoms with Crippen LogP contribution < -0.4 is 16.0 Å². The van der Waals surface area contributed by atoms with Crippen LogP contribution >= 0.6 is 23.2 Å². The molecule has 1 atom stereocenters. The second-order valence-electron chi connectivity index (χ2n) is 9.34. The Morgan fingerprint density at radius 1 is 1.00 bits per heavy atom. The minimum absolute atomic E-state index is 0.0688. The van der Waals surface area contributed by atoms with Crippen LogP contribution in [-0.2, 0) is 11.3 Å². The second kappa shape index (κ2) is 11.9. The second-order valence-corrected chi connectivity index (χ2v) is 10.2. The molecule has 0 bridgehead atoms. The van der Waals surface area contributed by atoms with E-state index in [1.165, 1.54) is 0 Å². The molecular weight excluding hydrogens is 513 g/mol. The molecule has 0 unspecified atom stereocenters. The zero-order valence-electron chi connectivity index (χ0n) is 21.1. The van der Waals surface area contributed by atoms with Crippen molar-refractivity contribution in [2.75, 3.05) is 43.9 Å².